The van der Waals surface area contributed by atoms with Gasteiger partial charge in [0.25, 0.3) is 0 Å². The molecule has 1 unspecified atom stereocenters. The summed E-state index contributed by atoms with van der Waals surface area (Å²) in [6, 6.07) is 12.0. The van der Waals surface area contributed by atoms with Crippen LogP contribution in [0.15, 0.2) is 36.4 Å². The maximum absolute atomic E-state index is 9.95. The number of amides is 1. The van der Waals surface area contributed by atoms with Crippen molar-refractivity contribution in [1.29, 1.82) is 0 Å². The number of benzene rings is 1. The van der Waals surface area contributed by atoms with Crippen molar-refractivity contribution in [3.05, 3.63) is 36.4 Å². The third-order valence-corrected chi connectivity index (χ3v) is 1.27. The number of hydrogen-bond acceptors (Lipinski definition) is 3. The van der Waals surface area contributed by atoms with Crippen molar-refractivity contribution in [2.75, 3.05) is 0 Å². The maximum Gasteiger partial charge on any atom is 0.248 e. The van der Waals surface area contributed by atoms with E-state index in [-0.39, 0.29) is 0 Å². The van der Waals surface area contributed by atoms with Crippen LogP contribution in [-0.2, 0) is 9.63 Å². The van der Waals surface area contributed by atoms with Crippen LogP contribution in [0.1, 0.15) is 34.6 Å². The lowest BCUT2D eigenvalue weighted by molar-refractivity contribution is -0.128. The van der Waals surface area contributed by atoms with Gasteiger partial charge in [-0.05, 0) is 6.92 Å². The third kappa shape index (κ3) is 20.6. The van der Waals surface area contributed by atoms with Crippen LogP contribution >= 0.6 is 0 Å². The van der Waals surface area contributed by atoms with Crippen LogP contribution in [0.2, 0.25) is 0 Å². The highest BCUT2D eigenvalue weighted by molar-refractivity contribution is 5.78. The van der Waals surface area contributed by atoms with Gasteiger partial charge in [0.2, 0.25) is 5.91 Å². The van der Waals surface area contributed by atoms with Crippen molar-refractivity contribution in [2.24, 2.45) is 11.6 Å². The van der Waals surface area contributed by atoms with Gasteiger partial charge in [-0.2, -0.15) is 0 Å². The molecule has 100 valence electrons. The second-order valence-electron chi connectivity index (χ2n) is 2.34. The summed E-state index contributed by atoms with van der Waals surface area (Å²) in [4.78, 5) is 14.0. The molecule has 0 spiro atoms. The summed E-state index contributed by atoms with van der Waals surface area (Å²) in [6.45, 7) is 9.47. The normalized spacial score (nSPS) is 9.06. The average molecular weight is 242 g/mol. The smallest absolute Gasteiger partial charge is 0.248 e. The van der Waals surface area contributed by atoms with Crippen molar-refractivity contribution < 1.29 is 9.63 Å². The molecule has 0 aliphatic carbocycles. The summed E-state index contributed by atoms with van der Waals surface area (Å²) in [6.07, 6.45) is -0.681. The van der Waals surface area contributed by atoms with Gasteiger partial charge in [0.1, 0.15) is 0 Å². The van der Waals surface area contributed by atoms with E-state index < -0.39 is 12.0 Å². The van der Waals surface area contributed by atoms with E-state index in [4.69, 9.17) is 5.73 Å². The van der Waals surface area contributed by atoms with E-state index in [1.807, 2.05) is 64.1 Å². The summed E-state index contributed by atoms with van der Waals surface area (Å²) >= 11 is 0. The highest BCUT2D eigenvalue weighted by Crippen LogP contribution is 1.80. The highest BCUT2D eigenvalue weighted by atomic mass is 16.6. The van der Waals surface area contributed by atoms with E-state index in [1.54, 1.807) is 0 Å². The van der Waals surface area contributed by atoms with E-state index in [1.165, 1.54) is 6.92 Å². The molecule has 0 aliphatic rings. The molecule has 0 bridgehead atoms. The van der Waals surface area contributed by atoms with Crippen molar-refractivity contribution in [2.45, 2.75) is 40.7 Å². The molecule has 4 heteroatoms. The fourth-order valence-electron chi connectivity index (χ4n) is 0.452. The lowest BCUT2D eigenvalue weighted by Gasteiger charge is -1.99. The Morgan fingerprint density at radius 3 is 1.24 bits per heavy atom. The number of carbonyl (C=O) groups excluding carboxylic acids is 1. The Labute approximate surface area is 105 Å². The number of hydrogen-bond donors (Lipinski definition) is 2. The molecule has 0 heterocycles. The Kier molecular flexibility index (Phi) is 24.7. The van der Waals surface area contributed by atoms with E-state index in [0.717, 1.165) is 0 Å². The molecule has 0 fully saturated rings. The molecular weight excluding hydrogens is 216 g/mol. The molecule has 4 nitrogen and oxygen atoms in total. The first-order valence-electron chi connectivity index (χ1n) is 5.83. The molecule has 17 heavy (non-hydrogen) atoms. The lowest BCUT2D eigenvalue weighted by Crippen LogP contribution is -2.30. The zero-order chi connectivity index (χ0) is 14.1. The largest absolute Gasteiger partial charge is 0.367 e. The Morgan fingerprint density at radius 2 is 1.18 bits per heavy atom. The molecule has 1 aromatic carbocycles. The summed E-state index contributed by atoms with van der Waals surface area (Å²) in [7, 11) is 0. The minimum absolute atomic E-state index is 0.553. The zero-order valence-electron chi connectivity index (χ0n) is 11.5. The van der Waals surface area contributed by atoms with Gasteiger partial charge < -0.3 is 5.73 Å². The predicted octanol–water partition coefficient (Wildman–Crippen LogP) is 2.49. The van der Waals surface area contributed by atoms with Crippen LogP contribution in [0, 0.1) is 0 Å². The standard InChI is InChI=1S/C6H6.C3H8N2O2.2C2H6/c1-2-4-6-5-3-1;1-2(7-5)3(4)6;2*1-2/h1-6H;2H,5H2,1H3,(H2,4,6);2*1-2H3. The minimum Gasteiger partial charge on any atom is -0.367 e. The summed E-state index contributed by atoms with van der Waals surface area (Å²) < 4.78 is 0. The quantitative estimate of drug-likeness (QED) is 0.782. The van der Waals surface area contributed by atoms with Gasteiger partial charge in [-0.15, -0.1) is 0 Å². The second-order valence-corrected chi connectivity index (χ2v) is 2.34. The van der Waals surface area contributed by atoms with Gasteiger partial charge in [0.15, 0.2) is 6.10 Å². The maximum atomic E-state index is 9.95. The second kappa shape index (κ2) is 20.1. The van der Waals surface area contributed by atoms with Crippen LogP contribution in [0.25, 0.3) is 0 Å². The molecule has 1 atom stereocenters. The van der Waals surface area contributed by atoms with Gasteiger partial charge in [0, 0.05) is 0 Å². The summed E-state index contributed by atoms with van der Waals surface area (Å²) in [5.41, 5.74) is 4.70. The Bertz CT molecular complexity index is 201. The first kappa shape index (κ1) is 21.0. The average Bonchev–Trinajstić information content (AvgIpc) is 2.44. The van der Waals surface area contributed by atoms with Crippen LogP contribution in [0.5, 0.6) is 0 Å². The molecule has 0 saturated heterocycles. The van der Waals surface area contributed by atoms with Gasteiger partial charge in [-0.25, -0.2) is 5.90 Å². The molecule has 1 amide bonds. The summed E-state index contributed by atoms with van der Waals surface area (Å²) in [5, 5.41) is 0. The molecule has 0 aromatic heterocycles. The zero-order valence-corrected chi connectivity index (χ0v) is 11.5. The van der Waals surface area contributed by atoms with Crippen molar-refractivity contribution >= 4 is 5.91 Å². The Balaban J connectivity index is -0.000000179. The van der Waals surface area contributed by atoms with Crippen LogP contribution in [0.4, 0.5) is 0 Å². The van der Waals surface area contributed by atoms with E-state index in [9.17, 15) is 4.79 Å². The van der Waals surface area contributed by atoms with E-state index in [2.05, 4.69) is 10.7 Å². The minimum atomic E-state index is -0.681. The van der Waals surface area contributed by atoms with Crippen molar-refractivity contribution in [3.63, 3.8) is 0 Å². The summed E-state index contributed by atoms with van der Waals surface area (Å²) in [5.74, 6) is 4.02. The van der Waals surface area contributed by atoms with Crippen LogP contribution in [0.3, 0.4) is 0 Å². The fourth-order valence-corrected chi connectivity index (χ4v) is 0.452. The van der Waals surface area contributed by atoms with Crippen LogP contribution in [-0.4, -0.2) is 12.0 Å². The van der Waals surface area contributed by atoms with E-state index in [0.29, 0.717) is 0 Å². The Hall–Kier alpha value is -1.39. The highest BCUT2D eigenvalue weighted by Gasteiger charge is 2.04. The first-order valence-corrected chi connectivity index (χ1v) is 5.83. The monoisotopic (exact) mass is 242 g/mol. The predicted molar refractivity (Wildman–Crippen MR) is 73.1 cm³/mol. The molecule has 0 radical (unpaired) electrons. The topological polar surface area (TPSA) is 78.3 Å². The van der Waals surface area contributed by atoms with E-state index >= 15 is 0 Å². The first-order chi connectivity index (χ1) is 8.18. The molecule has 1 rings (SSSR count). The number of carbonyl (C=O) groups is 1. The van der Waals surface area contributed by atoms with Gasteiger partial charge in [-0.1, -0.05) is 64.1 Å². The molecule has 0 saturated carbocycles. The number of nitrogens with two attached hydrogens (primary N) is 2. The lowest BCUT2D eigenvalue weighted by atomic mass is 10.4. The van der Waals surface area contributed by atoms with Gasteiger partial charge >= 0.3 is 0 Å². The molecule has 1 aromatic rings. The fraction of sp³-hybridized carbons (Fsp3) is 0.462. The van der Waals surface area contributed by atoms with Crippen LogP contribution < -0.4 is 11.6 Å². The molecule has 4 N–H and O–H groups in total. The number of rotatable bonds is 2. The Morgan fingerprint density at radius 1 is 0.941 bits per heavy atom. The van der Waals surface area contributed by atoms with Gasteiger partial charge in [0.05, 0.1) is 0 Å². The molecular formula is C13H26N2O2. The van der Waals surface area contributed by atoms with Gasteiger partial charge in [-0.3, -0.25) is 9.63 Å². The third-order valence-electron chi connectivity index (χ3n) is 1.27. The number of primary amides is 1. The van der Waals surface area contributed by atoms with Crippen molar-refractivity contribution in [3.8, 4) is 0 Å². The SMILES string of the molecule is CC.CC.CC(ON)C(N)=O.c1ccccc1. The van der Waals surface area contributed by atoms with Crippen molar-refractivity contribution in [1.82, 2.24) is 0 Å². The molecule has 0 aliphatic heterocycles.